The van der Waals surface area contributed by atoms with Crippen molar-refractivity contribution in [2.24, 2.45) is 0 Å². The van der Waals surface area contributed by atoms with Gasteiger partial charge in [0.05, 0.1) is 5.69 Å². The molecule has 120 valence electrons. The number of anilines is 1. The number of carbonyl (C=O) groups excluding carboxylic acids is 1. The average molecular weight is 373 g/mol. The highest BCUT2D eigenvalue weighted by Gasteiger charge is 2.13. The van der Waals surface area contributed by atoms with E-state index in [1.807, 2.05) is 42.5 Å². The first-order chi connectivity index (χ1) is 11.6. The minimum atomic E-state index is -0.294. The molecule has 0 bridgehead atoms. The highest BCUT2D eigenvalue weighted by atomic mass is 35.5. The monoisotopic (exact) mass is 372 g/mol. The molecule has 6 heteroatoms. The van der Waals surface area contributed by atoms with Crippen LogP contribution in [0.3, 0.4) is 0 Å². The standard InChI is InChI=1S/C18H13ClN2OS2/c19-14-8-4-5-11-12(14)6-3-7-13(11)17(22)21-18(24)20-15-9-1-2-10-16(15)23/h1-10,23H,(H2,20,21,22,24). The summed E-state index contributed by atoms with van der Waals surface area (Å²) in [5.74, 6) is -0.294. The molecule has 1 amide bonds. The van der Waals surface area contributed by atoms with E-state index < -0.39 is 0 Å². The Morgan fingerprint density at radius 1 is 0.958 bits per heavy atom. The van der Waals surface area contributed by atoms with Gasteiger partial charge in [-0.1, -0.05) is 48.0 Å². The van der Waals surface area contributed by atoms with Crippen molar-refractivity contribution in [1.82, 2.24) is 5.32 Å². The molecule has 0 saturated heterocycles. The Morgan fingerprint density at radius 3 is 2.46 bits per heavy atom. The second-order valence-corrected chi connectivity index (χ2v) is 6.36. The zero-order valence-electron chi connectivity index (χ0n) is 12.4. The number of nitrogens with one attached hydrogen (secondary N) is 2. The van der Waals surface area contributed by atoms with Gasteiger partial charge in [0, 0.05) is 20.9 Å². The zero-order valence-corrected chi connectivity index (χ0v) is 14.9. The molecular weight excluding hydrogens is 360 g/mol. The lowest BCUT2D eigenvalue weighted by Crippen LogP contribution is -2.34. The van der Waals surface area contributed by atoms with E-state index in [0.29, 0.717) is 10.6 Å². The van der Waals surface area contributed by atoms with Crippen LogP contribution in [0.2, 0.25) is 5.02 Å². The number of thiol groups is 1. The van der Waals surface area contributed by atoms with Crippen LogP contribution < -0.4 is 10.6 Å². The topological polar surface area (TPSA) is 41.1 Å². The van der Waals surface area contributed by atoms with Gasteiger partial charge in [-0.05, 0) is 41.9 Å². The van der Waals surface area contributed by atoms with Gasteiger partial charge < -0.3 is 5.32 Å². The largest absolute Gasteiger partial charge is 0.331 e. The van der Waals surface area contributed by atoms with E-state index in [-0.39, 0.29) is 11.0 Å². The van der Waals surface area contributed by atoms with Crippen LogP contribution in [0.25, 0.3) is 10.8 Å². The number of benzene rings is 3. The number of carbonyl (C=O) groups is 1. The number of para-hydroxylation sites is 1. The summed E-state index contributed by atoms with van der Waals surface area (Å²) in [5.41, 5.74) is 1.24. The highest BCUT2D eigenvalue weighted by molar-refractivity contribution is 7.81. The summed E-state index contributed by atoms with van der Waals surface area (Å²) < 4.78 is 0. The molecule has 24 heavy (non-hydrogen) atoms. The highest BCUT2D eigenvalue weighted by Crippen LogP contribution is 2.26. The van der Waals surface area contributed by atoms with Crippen molar-refractivity contribution in [1.29, 1.82) is 0 Å². The van der Waals surface area contributed by atoms with Gasteiger partial charge >= 0.3 is 0 Å². The third kappa shape index (κ3) is 3.53. The summed E-state index contributed by atoms with van der Waals surface area (Å²) >= 11 is 15.7. The summed E-state index contributed by atoms with van der Waals surface area (Å²) in [5, 5.41) is 8.07. The van der Waals surface area contributed by atoms with E-state index in [4.69, 9.17) is 23.8 Å². The lowest BCUT2D eigenvalue weighted by atomic mass is 10.0. The zero-order chi connectivity index (χ0) is 17.1. The summed E-state index contributed by atoms with van der Waals surface area (Å²) in [6, 6.07) is 18.3. The molecular formula is C18H13ClN2OS2. The predicted molar refractivity (Wildman–Crippen MR) is 106 cm³/mol. The maximum absolute atomic E-state index is 12.6. The summed E-state index contributed by atoms with van der Waals surface area (Å²) in [6.45, 7) is 0. The Labute approximate surface area is 155 Å². The van der Waals surface area contributed by atoms with Crippen LogP contribution in [0, 0.1) is 0 Å². The van der Waals surface area contributed by atoms with Crippen molar-refractivity contribution in [3.05, 3.63) is 71.2 Å². The normalized spacial score (nSPS) is 10.4. The van der Waals surface area contributed by atoms with Crippen molar-refractivity contribution < 1.29 is 4.79 Å². The van der Waals surface area contributed by atoms with Gasteiger partial charge in [0.15, 0.2) is 5.11 Å². The molecule has 0 saturated carbocycles. The van der Waals surface area contributed by atoms with Crippen LogP contribution in [-0.4, -0.2) is 11.0 Å². The van der Waals surface area contributed by atoms with E-state index in [0.717, 1.165) is 21.4 Å². The smallest absolute Gasteiger partial charge is 0.258 e. The summed E-state index contributed by atoms with van der Waals surface area (Å²) in [7, 11) is 0. The second kappa shape index (κ2) is 7.21. The number of thiocarbonyl (C=S) groups is 1. The van der Waals surface area contributed by atoms with Gasteiger partial charge in [0.2, 0.25) is 0 Å². The van der Waals surface area contributed by atoms with Crippen LogP contribution in [0.1, 0.15) is 10.4 Å². The minimum absolute atomic E-state index is 0.209. The maximum atomic E-state index is 12.6. The molecule has 0 radical (unpaired) electrons. The molecule has 3 aromatic rings. The van der Waals surface area contributed by atoms with Gasteiger partial charge in [-0.25, -0.2) is 0 Å². The number of rotatable bonds is 2. The lowest BCUT2D eigenvalue weighted by molar-refractivity contribution is 0.0979. The number of hydrogen-bond donors (Lipinski definition) is 3. The van der Waals surface area contributed by atoms with Gasteiger partial charge in [-0.3, -0.25) is 10.1 Å². The van der Waals surface area contributed by atoms with E-state index in [2.05, 4.69) is 23.3 Å². The lowest BCUT2D eigenvalue weighted by Gasteiger charge is -2.12. The van der Waals surface area contributed by atoms with Gasteiger partial charge in [-0.15, -0.1) is 12.6 Å². The number of halogens is 1. The van der Waals surface area contributed by atoms with E-state index in [1.54, 1.807) is 18.2 Å². The molecule has 0 atom stereocenters. The van der Waals surface area contributed by atoms with Crippen molar-refractivity contribution in [2.75, 3.05) is 5.32 Å². The third-order valence-electron chi connectivity index (χ3n) is 3.49. The summed E-state index contributed by atoms with van der Waals surface area (Å²) in [6.07, 6.45) is 0. The first-order valence-electron chi connectivity index (χ1n) is 7.14. The average Bonchev–Trinajstić information content (AvgIpc) is 2.57. The van der Waals surface area contributed by atoms with Crippen molar-refractivity contribution in [3.63, 3.8) is 0 Å². The Kier molecular flexibility index (Phi) is 5.04. The van der Waals surface area contributed by atoms with Crippen molar-refractivity contribution in [3.8, 4) is 0 Å². The fourth-order valence-corrected chi connectivity index (χ4v) is 3.03. The molecule has 0 spiro atoms. The third-order valence-corrected chi connectivity index (χ3v) is 4.42. The van der Waals surface area contributed by atoms with Crippen LogP contribution >= 0.6 is 36.4 Å². The van der Waals surface area contributed by atoms with E-state index >= 15 is 0 Å². The van der Waals surface area contributed by atoms with E-state index in [1.165, 1.54) is 0 Å². The number of amides is 1. The molecule has 3 nitrogen and oxygen atoms in total. The summed E-state index contributed by atoms with van der Waals surface area (Å²) in [4.78, 5) is 13.3. The predicted octanol–water partition coefficient (Wildman–Crippen LogP) is 4.91. The Bertz CT molecular complexity index is 943. The Hall–Kier alpha value is -2.08. The van der Waals surface area contributed by atoms with Crippen LogP contribution in [0.4, 0.5) is 5.69 Å². The first kappa shape index (κ1) is 16.8. The minimum Gasteiger partial charge on any atom is -0.331 e. The Balaban J connectivity index is 1.82. The fourth-order valence-electron chi connectivity index (χ4n) is 2.37. The second-order valence-electron chi connectivity index (χ2n) is 5.07. The molecule has 2 N–H and O–H groups in total. The fraction of sp³-hybridized carbons (Fsp3) is 0. The van der Waals surface area contributed by atoms with E-state index in [9.17, 15) is 4.79 Å². The molecule has 0 aliphatic heterocycles. The first-order valence-corrected chi connectivity index (χ1v) is 8.37. The molecule has 0 aromatic heterocycles. The van der Waals surface area contributed by atoms with Crippen LogP contribution in [0.15, 0.2) is 65.6 Å². The number of fused-ring (bicyclic) bond motifs is 1. The van der Waals surface area contributed by atoms with Crippen molar-refractivity contribution >= 4 is 63.9 Å². The molecule has 0 aliphatic carbocycles. The number of hydrogen-bond acceptors (Lipinski definition) is 3. The SMILES string of the molecule is O=C(NC(=S)Nc1ccccc1S)c1cccc2c(Cl)cccc12. The molecule has 3 aromatic carbocycles. The molecule has 0 unspecified atom stereocenters. The molecule has 0 fully saturated rings. The quantitative estimate of drug-likeness (QED) is 0.442. The maximum Gasteiger partial charge on any atom is 0.258 e. The molecule has 0 aliphatic rings. The Morgan fingerprint density at radius 2 is 1.67 bits per heavy atom. The van der Waals surface area contributed by atoms with Crippen LogP contribution in [-0.2, 0) is 0 Å². The molecule has 0 heterocycles. The van der Waals surface area contributed by atoms with Crippen LogP contribution in [0.5, 0.6) is 0 Å². The van der Waals surface area contributed by atoms with Gasteiger partial charge in [0.1, 0.15) is 0 Å². The van der Waals surface area contributed by atoms with Gasteiger partial charge in [-0.2, -0.15) is 0 Å². The van der Waals surface area contributed by atoms with Crippen molar-refractivity contribution in [2.45, 2.75) is 4.90 Å². The van der Waals surface area contributed by atoms with Gasteiger partial charge in [0.25, 0.3) is 5.91 Å². The molecule has 3 rings (SSSR count).